The van der Waals surface area contributed by atoms with Gasteiger partial charge in [-0.05, 0) is 31.2 Å². The molecule has 80 valence electrons. The van der Waals surface area contributed by atoms with Crippen molar-refractivity contribution in [3.05, 3.63) is 35.4 Å². The second-order valence-electron chi connectivity index (χ2n) is 3.21. The Morgan fingerprint density at radius 3 is 2.67 bits per heavy atom. The average Bonchev–Trinajstić information content (AvgIpc) is 2.24. The number of rotatable bonds is 4. The van der Waals surface area contributed by atoms with Crippen molar-refractivity contribution in [2.75, 3.05) is 7.05 Å². The summed E-state index contributed by atoms with van der Waals surface area (Å²) >= 11 is 0. The summed E-state index contributed by atoms with van der Waals surface area (Å²) in [7, 11) is 1.73. The quantitative estimate of drug-likeness (QED) is 0.828. The van der Waals surface area contributed by atoms with Gasteiger partial charge in [-0.1, -0.05) is 6.07 Å². The fourth-order valence-corrected chi connectivity index (χ4v) is 1.42. The van der Waals surface area contributed by atoms with Gasteiger partial charge in [-0.25, -0.2) is 8.78 Å². The van der Waals surface area contributed by atoms with E-state index in [2.05, 4.69) is 5.32 Å². The third-order valence-electron chi connectivity index (χ3n) is 2.24. The highest BCUT2D eigenvalue weighted by Crippen LogP contribution is 2.19. The molecule has 1 rings (SSSR count). The van der Waals surface area contributed by atoms with Gasteiger partial charge in [0.2, 0.25) is 0 Å². The SMILES string of the molecule is CNC(CCC#N)c1ccc(F)c(F)c1. The Kier molecular flexibility index (Phi) is 4.19. The van der Waals surface area contributed by atoms with Crippen molar-refractivity contribution in [2.45, 2.75) is 18.9 Å². The van der Waals surface area contributed by atoms with Crippen LogP contribution in [-0.4, -0.2) is 7.05 Å². The van der Waals surface area contributed by atoms with E-state index in [0.717, 1.165) is 12.1 Å². The number of hydrogen-bond donors (Lipinski definition) is 1. The van der Waals surface area contributed by atoms with Crippen LogP contribution in [0.4, 0.5) is 8.78 Å². The monoisotopic (exact) mass is 210 g/mol. The number of halogens is 2. The first-order valence-electron chi connectivity index (χ1n) is 4.68. The van der Waals surface area contributed by atoms with Crippen LogP contribution in [0.2, 0.25) is 0 Å². The van der Waals surface area contributed by atoms with E-state index in [0.29, 0.717) is 18.4 Å². The molecule has 0 aliphatic heterocycles. The van der Waals surface area contributed by atoms with E-state index in [9.17, 15) is 8.78 Å². The molecule has 0 saturated heterocycles. The van der Waals surface area contributed by atoms with E-state index in [1.165, 1.54) is 6.07 Å². The summed E-state index contributed by atoms with van der Waals surface area (Å²) in [6, 6.07) is 5.69. The largest absolute Gasteiger partial charge is 0.313 e. The first-order chi connectivity index (χ1) is 7.19. The minimum absolute atomic E-state index is 0.111. The fourth-order valence-electron chi connectivity index (χ4n) is 1.42. The number of nitrogens with zero attached hydrogens (tertiary/aromatic N) is 1. The van der Waals surface area contributed by atoms with E-state index in [1.54, 1.807) is 7.05 Å². The van der Waals surface area contributed by atoms with E-state index in [4.69, 9.17) is 5.26 Å². The van der Waals surface area contributed by atoms with Gasteiger partial charge in [0.1, 0.15) is 0 Å². The van der Waals surface area contributed by atoms with Gasteiger partial charge in [-0.15, -0.1) is 0 Å². The van der Waals surface area contributed by atoms with Crippen LogP contribution in [-0.2, 0) is 0 Å². The second kappa shape index (κ2) is 5.42. The maximum atomic E-state index is 12.9. The summed E-state index contributed by atoms with van der Waals surface area (Å²) in [6.45, 7) is 0. The van der Waals surface area contributed by atoms with Crippen LogP contribution in [0.25, 0.3) is 0 Å². The van der Waals surface area contributed by atoms with E-state index < -0.39 is 11.6 Å². The smallest absolute Gasteiger partial charge is 0.159 e. The Balaban J connectivity index is 2.83. The van der Waals surface area contributed by atoms with Crippen LogP contribution in [0.5, 0.6) is 0 Å². The zero-order chi connectivity index (χ0) is 11.3. The lowest BCUT2D eigenvalue weighted by Gasteiger charge is -2.14. The van der Waals surface area contributed by atoms with Crippen molar-refractivity contribution in [1.29, 1.82) is 5.26 Å². The third-order valence-corrected chi connectivity index (χ3v) is 2.24. The molecule has 1 atom stereocenters. The predicted molar refractivity (Wildman–Crippen MR) is 53.0 cm³/mol. The Morgan fingerprint density at radius 1 is 1.40 bits per heavy atom. The lowest BCUT2D eigenvalue weighted by atomic mass is 10.0. The normalized spacial score (nSPS) is 12.1. The topological polar surface area (TPSA) is 35.8 Å². The summed E-state index contributed by atoms with van der Waals surface area (Å²) in [5, 5.41) is 11.4. The molecule has 1 unspecified atom stereocenters. The van der Waals surface area contributed by atoms with Crippen molar-refractivity contribution in [2.24, 2.45) is 0 Å². The molecule has 0 fully saturated rings. The molecule has 0 aliphatic rings. The van der Waals surface area contributed by atoms with Crippen molar-refractivity contribution < 1.29 is 8.78 Å². The Bertz CT molecular complexity index is 371. The molecule has 1 N–H and O–H groups in total. The standard InChI is InChI=1S/C11H12F2N2/c1-15-11(3-2-6-14)8-4-5-9(12)10(13)7-8/h4-5,7,11,15H,2-3H2,1H3. The van der Waals surface area contributed by atoms with Crippen molar-refractivity contribution in [3.8, 4) is 6.07 Å². The average molecular weight is 210 g/mol. The first kappa shape index (κ1) is 11.6. The van der Waals surface area contributed by atoms with Gasteiger partial charge in [-0.2, -0.15) is 5.26 Å². The van der Waals surface area contributed by atoms with Crippen LogP contribution in [0.15, 0.2) is 18.2 Å². The predicted octanol–water partition coefficient (Wildman–Crippen LogP) is 2.53. The first-order valence-corrected chi connectivity index (χ1v) is 4.68. The number of nitriles is 1. The van der Waals surface area contributed by atoms with Crippen molar-refractivity contribution >= 4 is 0 Å². The zero-order valence-electron chi connectivity index (χ0n) is 8.43. The van der Waals surface area contributed by atoms with Gasteiger partial charge in [0.15, 0.2) is 11.6 Å². The summed E-state index contributed by atoms with van der Waals surface area (Å²) < 4.78 is 25.6. The molecule has 0 bridgehead atoms. The van der Waals surface area contributed by atoms with Crippen LogP contribution in [0, 0.1) is 23.0 Å². The fraction of sp³-hybridized carbons (Fsp3) is 0.364. The van der Waals surface area contributed by atoms with Crippen LogP contribution >= 0.6 is 0 Å². The van der Waals surface area contributed by atoms with Crippen LogP contribution < -0.4 is 5.32 Å². The molecule has 2 nitrogen and oxygen atoms in total. The number of nitrogens with one attached hydrogen (secondary N) is 1. The van der Waals surface area contributed by atoms with E-state index >= 15 is 0 Å². The molecule has 0 saturated carbocycles. The maximum absolute atomic E-state index is 12.9. The summed E-state index contributed by atoms with van der Waals surface area (Å²) in [5.74, 6) is -1.71. The summed E-state index contributed by atoms with van der Waals surface area (Å²) in [6.07, 6.45) is 0.961. The van der Waals surface area contributed by atoms with Crippen molar-refractivity contribution in [3.63, 3.8) is 0 Å². The maximum Gasteiger partial charge on any atom is 0.159 e. The minimum atomic E-state index is -0.857. The molecular formula is C11H12F2N2. The summed E-state index contributed by atoms with van der Waals surface area (Å²) in [5.41, 5.74) is 0.659. The molecule has 4 heteroatoms. The highest BCUT2D eigenvalue weighted by molar-refractivity contribution is 5.21. The van der Waals surface area contributed by atoms with Gasteiger partial charge in [0.25, 0.3) is 0 Å². The molecule has 0 amide bonds. The number of benzene rings is 1. The molecule has 0 heterocycles. The second-order valence-corrected chi connectivity index (χ2v) is 3.21. The number of hydrogen-bond acceptors (Lipinski definition) is 2. The Labute approximate surface area is 87.5 Å². The molecule has 0 spiro atoms. The van der Waals surface area contributed by atoms with Gasteiger partial charge >= 0.3 is 0 Å². The lowest BCUT2D eigenvalue weighted by Crippen LogP contribution is -2.16. The minimum Gasteiger partial charge on any atom is -0.313 e. The molecular weight excluding hydrogens is 198 g/mol. The molecule has 1 aromatic rings. The third kappa shape index (κ3) is 3.00. The van der Waals surface area contributed by atoms with E-state index in [1.807, 2.05) is 6.07 Å². The zero-order valence-corrected chi connectivity index (χ0v) is 8.43. The van der Waals surface area contributed by atoms with Gasteiger partial charge in [-0.3, -0.25) is 0 Å². The highest BCUT2D eigenvalue weighted by atomic mass is 19.2. The molecule has 1 aromatic carbocycles. The molecule has 15 heavy (non-hydrogen) atoms. The highest BCUT2D eigenvalue weighted by Gasteiger charge is 2.11. The molecule has 0 aliphatic carbocycles. The van der Waals surface area contributed by atoms with Crippen molar-refractivity contribution in [1.82, 2.24) is 5.32 Å². The Morgan fingerprint density at radius 2 is 2.13 bits per heavy atom. The van der Waals surface area contributed by atoms with Gasteiger partial charge in [0.05, 0.1) is 6.07 Å². The van der Waals surface area contributed by atoms with Gasteiger partial charge < -0.3 is 5.32 Å². The van der Waals surface area contributed by atoms with Crippen LogP contribution in [0.3, 0.4) is 0 Å². The van der Waals surface area contributed by atoms with E-state index in [-0.39, 0.29) is 6.04 Å². The summed E-state index contributed by atoms with van der Waals surface area (Å²) in [4.78, 5) is 0. The lowest BCUT2D eigenvalue weighted by molar-refractivity contribution is 0.498. The molecule has 0 radical (unpaired) electrons. The van der Waals surface area contributed by atoms with Gasteiger partial charge in [0, 0.05) is 12.5 Å². The van der Waals surface area contributed by atoms with Crippen LogP contribution in [0.1, 0.15) is 24.4 Å². The molecule has 0 aromatic heterocycles. The Hall–Kier alpha value is -1.47.